The molecule has 8 heteroatoms. The Labute approximate surface area is 165 Å². The van der Waals surface area contributed by atoms with Gasteiger partial charge in [-0.2, -0.15) is 5.10 Å². The molecule has 0 aromatic carbocycles. The van der Waals surface area contributed by atoms with E-state index < -0.39 is 0 Å². The molecule has 3 aliphatic rings. The number of rotatable bonds is 3. The first-order chi connectivity index (χ1) is 13.8. The van der Waals surface area contributed by atoms with Crippen LogP contribution in [0.2, 0.25) is 0 Å². The second-order valence-electron chi connectivity index (χ2n) is 8.27. The molecule has 0 bridgehead atoms. The Hall–Kier alpha value is -2.22. The zero-order chi connectivity index (χ0) is 18.9. The molecule has 0 radical (unpaired) electrons. The number of piperidine rings is 2. The van der Waals surface area contributed by atoms with Crippen molar-refractivity contribution >= 4 is 5.91 Å². The summed E-state index contributed by atoms with van der Waals surface area (Å²) in [5, 5.41) is 17.0. The summed E-state index contributed by atoms with van der Waals surface area (Å²) >= 11 is 0. The molecule has 150 valence electrons. The van der Waals surface area contributed by atoms with E-state index in [0.717, 1.165) is 76.4 Å². The lowest BCUT2D eigenvalue weighted by molar-refractivity contribution is 0.0586. The molecule has 1 amide bonds. The Morgan fingerprint density at radius 2 is 2.00 bits per heavy atom. The molecule has 3 aliphatic heterocycles. The minimum atomic E-state index is 0.0158. The van der Waals surface area contributed by atoms with Crippen molar-refractivity contribution in [2.45, 2.75) is 70.0 Å². The van der Waals surface area contributed by atoms with Gasteiger partial charge in [0.25, 0.3) is 5.91 Å². The molecule has 2 aromatic rings. The van der Waals surface area contributed by atoms with Crippen LogP contribution in [0.25, 0.3) is 0 Å². The van der Waals surface area contributed by atoms with Gasteiger partial charge in [0.15, 0.2) is 5.82 Å². The van der Waals surface area contributed by atoms with Crippen LogP contribution >= 0.6 is 0 Å². The number of aromatic nitrogens is 5. The predicted molar refractivity (Wildman–Crippen MR) is 104 cm³/mol. The number of carbonyl (C=O) groups excluding carboxylic acids is 1. The minimum absolute atomic E-state index is 0.0158. The lowest BCUT2D eigenvalue weighted by atomic mass is 10.0. The van der Waals surface area contributed by atoms with Gasteiger partial charge in [0.1, 0.15) is 11.5 Å². The van der Waals surface area contributed by atoms with Crippen LogP contribution in [0.5, 0.6) is 0 Å². The second-order valence-corrected chi connectivity index (χ2v) is 8.27. The van der Waals surface area contributed by atoms with Crippen molar-refractivity contribution < 1.29 is 4.79 Å². The third-order valence-corrected chi connectivity index (χ3v) is 6.42. The van der Waals surface area contributed by atoms with Gasteiger partial charge in [0, 0.05) is 32.3 Å². The van der Waals surface area contributed by atoms with Gasteiger partial charge in [-0.3, -0.25) is 9.48 Å². The third kappa shape index (κ3) is 3.23. The Morgan fingerprint density at radius 1 is 1.07 bits per heavy atom. The van der Waals surface area contributed by atoms with E-state index in [-0.39, 0.29) is 11.9 Å². The molecule has 2 atom stereocenters. The molecule has 2 saturated heterocycles. The highest BCUT2D eigenvalue weighted by Crippen LogP contribution is 2.32. The number of amides is 1. The SMILES string of the molecule is O=C(c1ccn(C2CCCNC2)n1)N1CCCCC1c1nnc2n1CCCC2. The van der Waals surface area contributed by atoms with Crippen LogP contribution in [-0.4, -0.2) is 55.0 Å². The summed E-state index contributed by atoms with van der Waals surface area (Å²) in [7, 11) is 0. The van der Waals surface area contributed by atoms with E-state index in [0.29, 0.717) is 11.7 Å². The summed E-state index contributed by atoms with van der Waals surface area (Å²) in [5.74, 6) is 2.08. The van der Waals surface area contributed by atoms with Crippen molar-refractivity contribution in [3.63, 3.8) is 0 Å². The van der Waals surface area contributed by atoms with Gasteiger partial charge in [-0.05, 0) is 57.6 Å². The molecule has 0 spiro atoms. The summed E-state index contributed by atoms with van der Waals surface area (Å²) in [6, 6.07) is 2.24. The number of aryl methyl sites for hydroxylation is 1. The third-order valence-electron chi connectivity index (χ3n) is 6.42. The molecule has 5 rings (SSSR count). The fourth-order valence-corrected chi connectivity index (χ4v) is 4.88. The molecule has 0 aliphatic carbocycles. The molecule has 2 aromatic heterocycles. The average molecular weight is 384 g/mol. The zero-order valence-corrected chi connectivity index (χ0v) is 16.4. The molecule has 8 nitrogen and oxygen atoms in total. The highest BCUT2D eigenvalue weighted by atomic mass is 16.2. The highest BCUT2D eigenvalue weighted by molar-refractivity contribution is 5.92. The number of nitrogens with one attached hydrogen (secondary N) is 1. The average Bonchev–Trinajstić information content (AvgIpc) is 3.41. The lowest BCUT2D eigenvalue weighted by Gasteiger charge is -2.35. The van der Waals surface area contributed by atoms with Crippen LogP contribution < -0.4 is 5.32 Å². The van der Waals surface area contributed by atoms with Crippen LogP contribution in [-0.2, 0) is 13.0 Å². The molecule has 2 unspecified atom stereocenters. The number of fused-ring (bicyclic) bond motifs is 1. The Kier molecular flexibility index (Phi) is 4.88. The van der Waals surface area contributed by atoms with Gasteiger partial charge >= 0.3 is 0 Å². The topological polar surface area (TPSA) is 80.9 Å². The maximum atomic E-state index is 13.3. The number of hydrogen-bond donors (Lipinski definition) is 1. The summed E-state index contributed by atoms with van der Waals surface area (Å²) in [5.41, 5.74) is 0.552. The maximum Gasteiger partial charge on any atom is 0.274 e. The van der Waals surface area contributed by atoms with E-state index in [9.17, 15) is 4.79 Å². The van der Waals surface area contributed by atoms with Crippen molar-refractivity contribution in [2.24, 2.45) is 0 Å². The van der Waals surface area contributed by atoms with E-state index >= 15 is 0 Å². The maximum absolute atomic E-state index is 13.3. The molecular weight excluding hydrogens is 354 g/mol. The van der Waals surface area contributed by atoms with Gasteiger partial charge in [0.2, 0.25) is 0 Å². The van der Waals surface area contributed by atoms with Gasteiger partial charge in [-0.15, -0.1) is 10.2 Å². The van der Waals surface area contributed by atoms with Crippen LogP contribution in [0.4, 0.5) is 0 Å². The highest BCUT2D eigenvalue weighted by Gasteiger charge is 2.34. The van der Waals surface area contributed by atoms with Gasteiger partial charge in [0.05, 0.1) is 12.1 Å². The first kappa shape index (κ1) is 17.8. The van der Waals surface area contributed by atoms with Gasteiger partial charge < -0.3 is 14.8 Å². The van der Waals surface area contributed by atoms with Crippen molar-refractivity contribution in [3.05, 3.63) is 29.6 Å². The Morgan fingerprint density at radius 3 is 2.89 bits per heavy atom. The number of likely N-dealkylation sites (tertiary alicyclic amines) is 1. The summed E-state index contributed by atoms with van der Waals surface area (Å²) in [6.45, 7) is 3.73. The summed E-state index contributed by atoms with van der Waals surface area (Å²) in [6.07, 6.45) is 10.7. The molecule has 2 fully saturated rings. The van der Waals surface area contributed by atoms with Crippen LogP contribution in [0.3, 0.4) is 0 Å². The molecule has 28 heavy (non-hydrogen) atoms. The van der Waals surface area contributed by atoms with E-state index in [2.05, 4.69) is 25.2 Å². The number of hydrogen-bond acceptors (Lipinski definition) is 5. The van der Waals surface area contributed by atoms with Crippen molar-refractivity contribution in [1.82, 2.24) is 34.8 Å². The van der Waals surface area contributed by atoms with Gasteiger partial charge in [-0.25, -0.2) is 0 Å². The van der Waals surface area contributed by atoms with Gasteiger partial charge in [-0.1, -0.05) is 0 Å². The number of nitrogens with zero attached hydrogens (tertiary/aromatic N) is 6. The zero-order valence-electron chi connectivity index (χ0n) is 16.4. The minimum Gasteiger partial charge on any atom is -0.327 e. The monoisotopic (exact) mass is 383 g/mol. The van der Waals surface area contributed by atoms with E-state index in [4.69, 9.17) is 0 Å². The fraction of sp³-hybridized carbons (Fsp3) is 0.700. The summed E-state index contributed by atoms with van der Waals surface area (Å²) < 4.78 is 4.23. The van der Waals surface area contributed by atoms with Crippen LogP contribution in [0, 0.1) is 0 Å². The van der Waals surface area contributed by atoms with Crippen molar-refractivity contribution in [1.29, 1.82) is 0 Å². The van der Waals surface area contributed by atoms with E-state index in [1.54, 1.807) is 0 Å². The molecule has 0 saturated carbocycles. The predicted octanol–water partition coefficient (Wildman–Crippen LogP) is 2.10. The molecule has 1 N–H and O–H groups in total. The van der Waals surface area contributed by atoms with Crippen LogP contribution in [0.15, 0.2) is 12.3 Å². The van der Waals surface area contributed by atoms with Crippen molar-refractivity contribution in [2.75, 3.05) is 19.6 Å². The quantitative estimate of drug-likeness (QED) is 0.878. The standard InChI is InChI=1S/C20H29N7O/c28-20(16-9-13-27(24-16)15-6-5-10-21-14-15)25-11-3-1-7-17(25)19-23-22-18-8-2-4-12-26(18)19/h9,13,15,17,21H,1-8,10-12,14H2. The van der Waals surface area contributed by atoms with E-state index in [1.165, 1.54) is 12.8 Å². The first-order valence-corrected chi connectivity index (χ1v) is 10.8. The fourth-order valence-electron chi connectivity index (χ4n) is 4.88. The number of carbonyl (C=O) groups is 1. The normalized spacial score (nSPS) is 25.5. The first-order valence-electron chi connectivity index (χ1n) is 10.8. The lowest BCUT2D eigenvalue weighted by Crippen LogP contribution is -2.40. The smallest absolute Gasteiger partial charge is 0.274 e. The van der Waals surface area contributed by atoms with Crippen LogP contribution in [0.1, 0.15) is 79.2 Å². The van der Waals surface area contributed by atoms with Crippen molar-refractivity contribution in [3.8, 4) is 0 Å². The molecular formula is C20H29N7O. The van der Waals surface area contributed by atoms with E-state index in [1.807, 2.05) is 21.8 Å². The largest absolute Gasteiger partial charge is 0.327 e. The Balaban J connectivity index is 1.38. The molecule has 5 heterocycles. The Bertz CT molecular complexity index is 835. The summed E-state index contributed by atoms with van der Waals surface area (Å²) in [4.78, 5) is 15.3. The second kappa shape index (κ2) is 7.66.